The van der Waals surface area contributed by atoms with Crippen LogP contribution >= 0.6 is 23.2 Å². The standard InChI is InChI=1S/C22H22Cl2N4O/c1-15-20(14-16-3-2-4-18(24)13-16)21(29)26-22(25-15)28-11-9-27(10-12-28)19-7-5-17(23)6-8-19/h2-8,13H,9-12,14H2,1H3,(H,25,26,29). The van der Waals surface area contributed by atoms with Crippen LogP contribution in [0, 0.1) is 6.92 Å². The number of hydrogen-bond donors (Lipinski definition) is 1. The predicted octanol–water partition coefficient (Wildman–Crippen LogP) is 4.30. The number of H-pyrrole nitrogens is 1. The summed E-state index contributed by atoms with van der Waals surface area (Å²) in [7, 11) is 0. The lowest BCUT2D eigenvalue weighted by molar-refractivity contribution is 0.637. The molecule has 29 heavy (non-hydrogen) atoms. The van der Waals surface area contributed by atoms with Gasteiger partial charge < -0.3 is 9.80 Å². The van der Waals surface area contributed by atoms with E-state index in [1.165, 1.54) is 0 Å². The normalized spacial score (nSPS) is 14.3. The maximum absolute atomic E-state index is 12.7. The maximum atomic E-state index is 12.7. The van der Waals surface area contributed by atoms with Crippen LogP contribution in [0.15, 0.2) is 53.3 Å². The fourth-order valence-electron chi connectivity index (χ4n) is 3.63. The third-order valence-corrected chi connectivity index (χ3v) is 5.74. The first-order chi connectivity index (χ1) is 14.0. The highest BCUT2D eigenvalue weighted by molar-refractivity contribution is 6.30. The summed E-state index contributed by atoms with van der Waals surface area (Å²) in [5.41, 5.74) is 3.49. The van der Waals surface area contributed by atoms with Gasteiger partial charge in [-0.1, -0.05) is 35.3 Å². The second-order valence-corrected chi connectivity index (χ2v) is 8.08. The molecule has 1 aliphatic rings. The van der Waals surface area contributed by atoms with E-state index in [1.54, 1.807) is 0 Å². The van der Waals surface area contributed by atoms with E-state index in [1.807, 2.05) is 55.5 Å². The van der Waals surface area contributed by atoms with E-state index in [0.717, 1.165) is 48.1 Å². The Morgan fingerprint density at radius 1 is 0.966 bits per heavy atom. The lowest BCUT2D eigenvalue weighted by Crippen LogP contribution is -2.47. The van der Waals surface area contributed by atoms with Crippen LogP contribution in [0.4, 0.5) is 11.6 Å². The third kappa shape index (κ3) is 4.57. The van der Waals surface area contributed by atoms with Crippen LogP contribution in [0.1, 0.15) is 16.8 Å². The van der Waals surface area contributed by atoms with E-state index in [-0.39, 0.29) is 5.56 Å². The van der Waals surface area contributed by atoms with Gasteiger partial charge in [-0.2, -0.15) is 0 Å². The molecule has 0 saturated carbocycles. The summed E-state index contributed by atoms with van der Waals surface area (Å²) in [5, 5.41) is 1.40. The Balaban J connectivity index is 1.47. The third-order valence-electron chi connectivity index (χ3n) is 5.25. The van der Waals surface area contributed by atoms with Gasteiger partial charge in [-0.15, -0.1) is 0 Å². The second kappa shape index (κ2) is 8.47. The molecule has 150 valence electrons. The van der Waals surface area contributed by atoms with E-state index in [9.17, 15) is 4.79 Å². The molecule has 5 nitrogen and oxygen atoms in total. The van der Waals surface area contributed by atoms with Crippen LogP contribution < -0.4 is 15.4 Å². The van der Waals surface area contributed by atoms with Crippen molar-refractivity contribution in [3.8, 4) is 0 Å². The average molecular weight is 429 g/mol. The van der Waals surface area contributed by atoms with Crippen LogP contribution in [-0.2, 0) is 6.42 Å². The van der Waals surface area contributed by atoms with Crippen molar-refractivity contribution >= 4 is 34.8 Å². The van der Waals surface area contributed by atoms with Crippen molar-refractivity contribution in [1.82, 2.24) is 9.97 Å². The van der Waals surface area contributed by atoms with Gasteiger partial charge in [0.05, 0.1) is 5.69 Å². The van der Waals surface area contributed by atoms with Crippen molar-refractivity contribution in [2.45, 2.75) is 13.3 Å². The number of aromatic amines is 1. The van der Waals surface area contributed by atoms with Crippen molar-refractivity contribution in [1.29, 1.82) is 0 Å². The summed E-state index contributed by atoms with van der Waals surface area (Å²) in [5.74, 6) is 0.637. The molecule has 0 bridgehead atoms. The molecule has 2 heterocycles. The molecule has 0 amide bonds. The molecule has 0 radical (unpaired) electrons. The quantitative estimate of drug-likeness (QED) is 0.672. The van der Waals surface area contributed by atoms with Gasteiger partial charge in [-0.3, -0.25) is 9.78 Å². The van der Waals surface area contributed by atoms with Gasteiger partial charge in [0.25, 0.3) is 5.56 Å². The zero-order valence-corrected chi connectivity index (χ0v) is 17.7. The number of nitrogens with one attached hydrogen (secondary N) is 1. The molecule has 1 N–H and O–H groups in total. The topological polar surface area (TPSA) is 52.2 Å². The van der Waals surface area contributed by atoms with E-state index in [4.69, 9.17) is 23.2 Å². The van der Waals surface area contributed by atoms with Crippen LogP contribution in [0.3, 0.4) is 0 Å². The summed E-state index contributed by atoms with van der Waals surface area (Å²) < 4.78 is 0. The number of benzene rings is 2. The molecule has 3 aromatic rings. The minimum Gasteiger partial charge on any atom is -0.368 e. The number of rotatable bonds is 4. The summed E-state index contributed by atoms with van der Waals surface area (Å²) in [6, 6.07) is 15.4. The second-order valence-electron chi connectivity index (χ2n) is 7.21. The van der Waals surface area contributed by atoms with Gasteiger partial charge in [0.15, 0.2) is 0 Å². The van der Waals surface area contributed by atoms with Gasteiger partial charge >= 0.3 is 0 Å². The fraction of sp³-hybridized carbons (Fsp3) is 0.273. The number of aromatic nitrogens is 2. The SMILES string of the molecule is Cc1nc(N2CCN(c3ccc(Cl)cc3)CC2)[nH]c(=O)c1Cc1cccc(Cl)c1. The predicted molar refractivity (Wildman–Crippen MR) is 120 cm³/mol. The molecular weight excluding hydrogens is 407 g/mol. The zero-order valence-electron chi connectivity index (χ0n) is 16.2. The lowest BCUT2D eigenvalue weighted by Gasteiger charge is -2.36. The van der Waals surface area contributed by atoms with Crippen molar-refractivity contribution < 1.29 is 0 Å². The number of aryl methyl sites for hydroxylation is 1. The van der Waals surface area contributed by atoms with Crippen LogP contribution in [0.5, 0.6) is 0 Å². The number of halogens is 2. The Morgan fingerprint density at radius 3 is 2.31 bits per heavy atom. The highest BCUT2D eigenvalue weighted by atomic mass is 35.5. The van der Waals surface area contributed by atoms with Crippen LogP contribution in [0.2, 0.25) is 10.0 Å². The van der Waals surface area contributed by atoms with Crippen LogP contribution in [0.25, 0.3) is 0 Å². The van der Waals surface area contributed by atoms with Crippen molar-refractivity contribution in [2.24, 2.45) is 0 Å². The van der Waals surface area contributed by atoms with Gasteiger partial charge in [-0.25, -0.2) is 4.98 Å². The minimum atomic E-state index is -0.0902. The Bertz CT molecular complexity index is 1060. The van der Waals surface area contributed by atoms with Crippen molar-refractivity contribution in [3.05, 3.63) is 85.8 Å². The maximum Gasteiger partial charge on any atom is 0.256 e. The Morgan fingerprint density at radius 2 is 1.66 bits per heavy atom. The van der Waals surface area contributed by atoms with Gasteiger partial charge in [0, 0.05) is 53.9 Å². The van der Waals surface area contributed by atoms with E-state index >= 15 is 0 Å². The molecular formula is C22H22Cl2N4O. The Kier molecular flexibility index (Phi) is 5.79. The Labute approximate surface area is 179 Å². The molecule has 1 aliphatic heterocycles. The molecule has 1 aromatic heterocycles. The molecule has 1 fully saturated rings. The molecule has 7 heteroatoms. The summed E-state index contributed by atoms with van der Waals surface area (Å²) in [6.45, 7) is 5.18. The molecule has 4 rings (SSSR count). The Hall–Kier alpha value is -2.50. The molecule has 0 spiro atoms. The van der Waals surface area contributed by atoms with E-state index in [0.29, 0.717) is 23.0 Å². The highest BCUT2D eigenvalue weighted by Crippen LogP contribution is 2.21. The fourth-order valence-corrected chi connectivity index (χ4v) is 3.97. The summed E-state index contributed by atoms with van der Waals surface area (Å²) in [4.78, 5) is 24.8. The number of nitrogens with zero attached hydrogens (tertiary/aromatic N) is 3. The number of anilines is 2. The van der Waals surface area contributed by atoms with Crippen molar-refractivity contribution in [3.63, 3.8) is 0 Å². The van der Waals surface area contributed by atoms with Gasteiger partial charge in [-0.05, 0) is 48.9 Å². The first kappa shape index (κ1) is 19.8. The largest absolute Gasteiger partial charge is 0.368 e. The highest BCUT2D eigenvalue weighted by Gasteiger charge is 2.20. The number of hydrogen-bond acceptors (Lipinski definition) is 4. The summed E-state index contributed by atoms with van der Waals surface area (Å²) in [6.07, 6.45) is 0.513. The van der Waals surface area contributed by atoms with E-state index < -0.39 is 0 Å². The lowest BCUT2D eigenvalue weighted by atomic mass is 10.1. The summed E-state index contributed by atoms with van der Waals surface area (Å²) >= 11 is 12.0. The smallest absolute Gasteiger partial charge is 0.256 e. The molecule has 0 atom stereocenters. The number of piperazine rings is 1. The zero-order chi connectivity index (χ0) is 20.4. The average Bonchev–Trinajstić information content (AvgIpc) is 2.71. The monoisotopic (exact) mass is 428 g/mol. The van der Waals surface area contributed by atoms with Crippen LogP contribution in [-0.4, -0.2) is 36.1 Å². The molecule has 0 aliphatic carbocycles. The molecule has 2 aromatic carbocycles. The first-order valence-electron chi connectivity index (χ1n) is 9.59. The van der Waals surface area contributed by atoms with Gasteiger partial charge in [0.1, 0.15) is 0 Å². The molecule has 0 unspecified atom stereocenters. The van der Waals surface area contributed by atoms with Crippen molar-refractivity contribution in [2.75, 3.05) is 36.0 Å². The minimum absolute atomic E-state index is 0.0902. The first-order valence-corrected chi connectivity index (χ1v) is 10.3. The van der Waals surface area contributed by atoms with E-state index in [2.05, 4.69) is 19.8 Å². The molecule has 1 saturated heterocycles. The van der Waals surface area contributed by atoms with Gasteiger partial charge in [0.2, 0.25) is 5.95 Å².